The van der Waals surface area contributed by atoms with E-state index < -0.39 is 5.41 Å². The Kier molecular flexibility index (Phi) is 6.63. The number of rotatable bonds is 4. The van der Waals surface area contributed by atoms with Crippen molar-refractivity contribution in [3.8, 4) is 11.1 Å². The maximum Gasteiger partial charge on any atom is 0.0764 e. The van der Waals surface area contributed by atoms with Crippen molar-refractivity contribution in [3.05, 3.63) is 216 Å². The van der Waals surface area contributed by atoms with Gasteiger partial charge in [-0.2, -0.15) is 0 Å². The van der Waals surface area contributed by atoms with Crippen molar-refractivity contribution in [3.63, 3.8) is 0 Å². The van der Waals surface area contributed by atoms with Gasteiger partial charge in [0.2, 0.25) is 0 Å². The summed E-state index contributed by atoms with van der Waals surface area (Å²) in [4.78, 5) is 7.63. The van der Waals surface area contributed by atoms with Crippen molar-refractivity contribution in [1.82, 2.24) is 0 Å². The van der Waals surface area contributed by atoms with E-state index in [9.17, 15) is 0 Å². The van der Waals surface area contributed by atoms with E-state index in [1.165, 1.54) is 65.7 Å². The first-order chi connectivity index (χ1) is 26.2. The van der Waals surface area contributed by atoms with E-state index in [0.29, 0.717) is 0 Å². The van der Waals surface area contributed by atoms with Crippen LogP contribution in [-0.2, 0) is 5.41 Å². The van der Waals surface area contributed by atoms with Gasteiger partial charge in [0.1, 0.15) is 0 Å². The molecule has 11 rings (SSSR count). The lowest BCUT2D eigenvalue weighted by Crippen LogP contribution is -2.46. The molecule has 2 unspecified atom stereocenters. The molecule has 0 radical (unpaired) electrons. The van der Waals surface area contributed by atoms with Gasteiger partial charge in [-0.3, -0.25) is 0 Å². The predicted molar refractivity (Wildman–Crippen MR) is 221 cm³/mol. The zero-order valence-corrected chi connectivity index (χ0v) is 30.2. The highest BCUT2D eigenvalue weighted by Crippen LogP contribution is 2.67. The van der Waals surface area contributed by atoms with Crippen molar-refractivity contribution in [2.45, 2.75) is 34.1 Å². The molecule has 3 aliphatic heterocycles. The zero-order valence-electron chi connectivity index (χ0n) is 29.4. The Balaban J connectivity index is 1.12. The maximum absolute atomic E-state index is 2.67. The smallest absolute Gasteiger partial charge is 0.0764 e. The number of hydrogen-bond acceptors (Lipinski definition) is 3. The Labute approximate surface area is 315 Å². The molecule has 2 nitrogen and oxygen atoms in total. The van der Waals surface area contributed by atoms with Crippen molar-refractivity contribution < 1.29 is 0 Å². The molecule has 0 aromatic heterocycles. The summed E-state index contributed by atoms with van der Waals surface area (Å²) in [5.41, 5.74) is 16.1. The van der Waals surface area contributed by atoms with Gasteiger partial charge in [-0.25, -0.2) is 0 Å². The molecule has 7 aromatic carbocycles. The molecule has 1 aliphatic carbocycles. The molecule has 2 atom stereocenters. The predicted octanol–water partition coefficient (Wildman–Crippen LogP) is 13.2. The van der Waals surface area contributed by atoms with Crippen LogP contribution in [0.4, 0.5) is 28.4 Å². The van der Waals surface area contributed by atoms with E-state index in [1.54, 1.807) is 0 Å². The lowest BCUT2D eigenvalue weighted by Gasteiger charge is -2.51. The van der Waals surface area contributed by atoms with Crippen LogP contribution in [-0.4, -0.2) is 5.54 Å². The van der Waals surface area contributed by atoms with Gasteiger partial charge in [0.05, 0.1) is 16.6 Å². The van der Waals surface area contributed by atoms with Crippen LogP contribution < -0.4 is 9.80 Å². The minimum Gasteiger partial charge on any atom is -0.330 e. The van der Waals surface area contributed by atoms with Crippen molar-refractivity contribution in [2.75, 3.05) is 9.80 Å². The van der Waals surface area contributed by atoms with Crippen LogP contribution in [0, 0.1) is 0 Å². The van der Waals surface area contributed by atoms with Gasteiger partial charge in [0.15, 0.2) is 0 Å². The van der Waals surface area contributed by atoms with Crippen LogP contribution in [0.25, 0.3) is 16.7 Å². The quantitative estimate of drug-likeness (QED) is 0.181. The Hall–Kier alpha value is -6.03. The number of nitrogens with zero attached hydrogens (tertiary/aromatic N) is 2. The molecule has 1 spiro atoms. The minimum atomic E-state index is -0.485. The van der Waals surface area contributed by atoms with Gasteiger partial charge in [0, 0.05) is 38.1 Å². The van der Waals surface area contributed by atoms with Gasteiger partial charge in [-0.1, -0.05) is 139 Å². The lowest BCUT2D eigenvalue weighted by molar-refractivity contribution is 0.584. The molecule has 0 amide bonds. The second kappa shape index (κ2) is 11.5. The fourth-order valence-electron chi connectivity index (χ4n) is 9.62. The van der Waals surface area contributed by atoms with Crippen molar-refractivity contribution in [2.24, 2.45) is 0 Å². The van der Waals surface area contributed by atoms with Crippen molar-refractivity contribution in [1.29, 1.82) is 0 Å². The minimum absolute atomic E-state index is 0.145. The van der Waals surface area contributed by atoms with Crippen LogP contribution in [0.1, 0.15) is 41.2 Å². The summed E-state index contributed by atoms with van der Waals surface area (Å²) in [5.74, 6) is 0. The molecule has 3 heteroatoms. The number of fused-ring (bicyclic) bond motifs is 11. The van der Waals surface area contributed by atoms with Crippen LogP contribution >= 0.6 is 11.8 Å². The summed E-state index contributed by atoms with van der Waals surface area (Å²) < 4.78 is 0. The number of benzene rings is 7. The average Bonchev–Trinajstić information content (AvgIpc) is 3.49. The fraction of sp³-hybridized carbons (Fsp3) is 0.0800. The van der Waals surface area contributed by atoms with Crippen molar-refractivity contribution >= 4 is 45.8 Å². The first-order valence-electron chi connectivity index (χ1n) is 18.5. The molecule has 0 bridgehead atoms. The molecule has 3 heterocycles. The monoisotopic (exact) mass is 696 g/mol. The van der Waals surface area contributed by atoms with Gasteiger partial charge in [0.25, 0.3) is 0 Å². The summed E-state index contributed by atoms with van der Waals surface area (Å²) in [6.07, 6.45) is 7.91. The summed E-state index contributed by atoms with van der Waals surface area (Å²) in [5, 5.41) is 0. The highest BCUT2D eigenvalue weighted by atomic mass is 32.2. The van der Waals surface area contributed by atoms with Gasteiger partial charge in [-0.05, 0) is 113 Å². The largest absolute Gasteiger partial charge is 0.330 e. The Morgan fingerprint density at radius 1 is 0.547 bits per heavy atom. The number of allylic oxidation sites excluding steroid dienone is 2. The lowest BCUT2D eigenvalue weighted by atomic mass is 9.61. The van der Waals surface area contributed by atoms with E-state index in [0.717, 1.165) is 23.5 Å². The number of para-hydroxylation sites is 4. The first-order valence-corrected chi connectivity index (χ1v) is 19.3. The first kappa shape index (κ1) is 30.6. The average molecular weight is 697 g/mol. The van der Waals surface area contributed by atoms with Crippen LogP contribution in [0.5, 0.6) is 0 Å². The molecular formula is C50H36N2S. The molecule has 0 saturated heterocycles. The van der Waals surface area contributed by atoms with E-state index in [-0.39, 0.29) is 5.54 Å². The third kappa shape index (κ3) is 4.23. The standard InChI is InChI=1S/C50H36N2S/c1-49-32-13-12-20-40(49)39-19-14-23-43-48(39)52(49)45-24-10-8-21-41(45)50(43)42-22-9-11-25-46(42)53-47-31-28-35(33-44(47)50)34-26-29-38(30-27-34)51(36-15-4-2-5-16-36)37-17-6-3-7-18-37/h2-31,33H,32H2,1H3. The molecular weight excluding hydrogens is 661 g/mol. The maximum atomic E-state index is 2.67. The van der Waals surface area contributed by atoms with E-state index in [1.807, 2.05) is 11.8 Å². The topological polar surface area (TPSA) is 6.48 Å². The van der Waals surface area contributed by atoms with Crippen LogP contribution in [0.3, 0.4) is 0 Å². The molecule has 7 aromatic rings. The highest BCUT2D eigenvalue weighted by Gasteiger charge is 2.56. The van der Waals surface area contributed by atoms with E-state index in [2.05, 4.69) is 205 Å². The fourth-order valence-corrected chi connectivity index (χ4v) is 10.8. The van der Waals surface area contributed by atoms with Crippen LogP contribution in [0.2, 0.25) is 0 Å². The van der Waals surface area contributed by atoms with Gasteiger partial charge in [-0.15, -0.1) is 0 Å². The Morgan fingerprint density at radius 3 is 1.94 bits per heavy atom. The second-order valence-electron chi connectivity index (χ2n) is 14.7. The van der Waals surface area contributed by atoms with Gasteiger partial charge >= 0.3 is 0 Å². The third-order valence-electron chi connectivity index (χ3n) is 11.9. The SMILES string of the molecule is CC12CC=CC=C1c1cccc3c1N2c1ccccc1C31c2ccccc2Sc2ccc(-c3ccc(N(c4ccccc4)c4ccccc4)cc3)cc21. The van der Waals surface area contributed by atoms with E-state index in [4.69, 9.17) is 0 Å². The Bertz CT molecular complexity index is 2600. The normalized spacial score (nSPS) is 19.8. The molecule has 0 saturated carbocycles. The highest BCUT2D eigenvalue weighted by molar-refractivity contribution is 7.99. The summed E-state index contributed by atoms with van der Waals surface area (Å²) in [6, 6.07) is 62.9. The number of hydrogen-bond donors (Lipinski definition) is 0. The van der Waals surface area contributed by atoms with Crippen LogP contribution in [0.15, 0.2) is 198 Å². The second-order valence-corrected chi connectivity index (χ2v) is 15.7. The van der Waals surface area contributed by atoms with E-state index >= 15 is 0 Å². The van der Waals surface area contributed by atoms with Gasteiger partial charge < -0.3 is 9.80 Å². The molecule has 0 N–H and O–H groups in total. The summed E-state index contributed by atoms with van der Waals surface area (Å²) >= 11 is 1.90. The summed E-state index contributed by atoms with van der Waals surface area (Å²) in [7, 11) is 0. The third-order valence-corrected chi connectivity index (χ3v) is 13.0. The molecule has 53 heavy (non-hydrogen) atoms. The molecule has 4 aliphatic rings. The zero-order chi connectivity index (χ0) is 35.1. The number of anilines is 5. The molecule has 252 valence electrons. The molecule has 0 fully saturated rings. The summed E-state index contributed by atoms with van der Waals surface area (Å²) in [6.45, 7) is 2.43. The Morgan fingerprint density at radius 2 is 1.17 bits per heavy atom.